The molecular weight excluding hydrogens is 254 g/mol. The highest BCUT2D eigenvalue weighted by molar-refractivity contribution is 5.99. The first-order valence-corrected chi connectivity index (χ1v) is 6.11. The van der Waals surface area contributed by atoms with Crippen LogP contribution in [-0.4, -0.2) is 23.7 Å². The van der Waals surface area contributed by atoms with Crippen LogP contribution in [0.2, 0.25) is 0 Å². The Morgan fingerprint density at radius 3 is 2.80 bits per heavy atom. The predicted octanol–water partition coefficient (Wildman–Crippen LogP) is 2.24. The highest BCUT2D eigenvalue weighted by Gasteiger charge is 2.06. The summed E-state index contributed by atoms with van der Waals surface area (Å²) in [4.78, 5) is 16.1. The standard InChI is InChI=1S/C15H15N3O2/c1-11(14-8-3-4-9-16-14)17-18-15(19)12-6-5-7-13(10-12)20-2/h3-10H,1-2H3,(H,18,19). The van der Waals surface area contributed by atoms with E-state index in [2.05, 4.69) is 15.5 Å². The van der Waals surface area contributed by atoms with Crippen LogP contribution < -0.4 is 10.2 Å². The summed E-state index contributed by atoms with van der Waals surface area (Å²) in [5.74, 6) is 0.335. The molecule has 1 aromatic carbocycles. The lowest BCUT2D eigenvalue weighted by atomic mass is 10.2. The summed E-state index contributed by atoms with van der Waals surface area (Å²) in [6.07, 6.45) is 1.68. The number of hydrogen-bond donors (Lipinski definition) is 1. The summed E-state index contributed by atoms with van der Waals surface area (Å²) < 4.78 is 5.07. The van der Waals surface area contributed by atoms with Crippen molar-refractivity contribution >= 4 is 11.6 Å². The van der Waals surface area contributed by atoms with Gasteiger partial charge in [-0.15, -0.1) is 0 Å². The molecule has 0 aliphatic carbocycles. The van der Waals surface area contributed by atoms with Crippen LogP contribution in [0.3, 0.4) is 0 Å². The zero-order chi connectivity index (χ0) is 14.4. The Hall–Kier alpha value is -2.69. The fourth-order valence-electron chi connectivity index (χ4n) is 1.60. The van der Waals surface area contributed by atoms with Crippen LogP contribution in [0.15, 0.2) is 53.8 Å². The highest BCUT2D eigenvalue weighted by Crippen LogP contribution is 2.12. The van der Waals surface area contributed by atoms with E-state index in [0.717, 1.165) is 5.69 Å². The normalized spacial score (nSPS) is 11.0. The van der Waals surface area contributed by atoms with Crippen molar-refractivity contribution in [3.05, 3.63) is 59.9 Å². The van der Waals surface area contributed by atoms with E-state index in [-0.39, 0.29) is 5.91 Å². The second-order valence-electron chi connectivity index (χ2n) is 4.09. The number of hydrogen-bond acceptors (Lipinski definition) is 4. The molecule has 5 heteroatoms. The van der Waals surface area contributed by atoms with Gasteiger partial charge in [0.15, 0.2) is 0 Å². The average Bonchev–Trinajstić information content (AvgIpc) is 2.53. The first-order valence-electron chi connectivity index (χ1n) is 6.11. The van der Waals surface area contributed by atoms with Crippen LogP contribution in [0.1, 0.15) is 23.0 Å². The van der Waals surface area contributed by atoms with E-state index in [1.165, 1.54) is 0 Å². The van der Waals surface area contributed by atoms with Gasteiger partial charge in [-0.1, -0.05) is 12.1 Å². The zero-order valence-electron chi connectivity index (χ0n) is 11.3. The number of nitrogens with zero attached hydrogens (tertiary/aromatic N) is 2. The van der Waals surface area contributed by atoms with E-state index in [1.54, 1.807) is 44.5 Å². The maximum Gasteiger partial charge on any atom is 0.271 e. The van der Waals surface area contributed by atoms with Crippen LogP contribution in [0.5, 0.6) is 5.75 Å². The molecule has 0 aliphatic rings. The van der Waals surface area contributed by atoms with Gasteiger partial charge >= 0.3 is 0 Å². The molecular formula is C15H15N3O2. The highest BCUT2D eigenvalue weighted by atomic mass is 16.5. The molecule has 20 heavy (non-hydrogen) atoms. The number of benzene rings is 1. The Bertz CT molecular complexity index is 624. The molecule has 2 aromatic rings. The Morgan fingerprint density at radius 1 is 1.25 bits per heavy atom. The molecule has 0 saturated carbocycles. The number of carbonyl (C=O) groups excluding carboxylic acids is 1. The molecule has 0 spiro atoms. The smallest absolute Gasteiger partial charge is 0.271 e. The van der Waals surface area contributed by atoms with Crippen molar-refractivity contribution in [1.29, 1.82) is 0 Å². The third-order valence-corrected chi connectivity index (χ3v) is 2.69. The van der Waals surface area contributed by atoms with Gasteiger partial charge in [0.1, 0.15) is 5.75 Å². The van der Waals surface area contributed by atoms with Crippen molar-refractivity contribution in [3.8, 4) is 5.75 Å². The minimum atomic E-state index is -0.292. The molecule has 0 unspecified atom stereocenters. The van der Waals surface area contributed by atoms with Crippen molar-refractivity contribution in [2.45, 2.75) is 6.92 Å². The Labute approximate surface area is 117 Å². The first-order chi connectivity index (χ1) is 9.70. The number of ether oxygens (including phenoxy) is 1. The van der Waals surface area contributed by atoms with Crippen molar-refractivity contribution in [2.24, 2.45) is 5.10 Å². The third-order valence-electron chi connectivity index (χ3n) is 2.69. The van der Waals surface area contributed by atoms with Crippen LogP contribution in [0.4, 0.5) is 0 Å². The molecule has 1 heterocycles. The maximum atomic E-state index is 12.0. The number of rotatable bonds is 4. The van der Waals surface area contributed by atoms with Crippen molar-refractivity contribution < 1.29 is 9.53 Å². The molecule has 1 aromatic heterocycles. The number of amides is 1. The van der Waals surface area contributed by atoms with Crippen LogP contribution in [0.25, 0.3) is 0 Å². The van der Waals surface area contributed by atoms with Crippen molar-refractivity contribution in [3.63, 3.8) is 0 Å². The number of hydrazone groups is 1. The Morgan fingerprint density at radius 2 is 2.10 bits per heavy atom. The maximum absolute atomic E-state index is 12.0. The molecule has 1 N–H and O–H groups in total. The number of nitrogens with one attached hydrogen (secondary N) is 1. The van der Waals surface area contributed by atoms with Gasteiger partial charge in [0.25, 0.3) is 5.91 Å². The summed E-state index contributed by atoms with van der Waals surface area (Å²) in [6, 6.07) is 12.4. The lowest BCUT2D eigenvalue weighted by Crippen LogP contribution is -2.19. The van der Waals surface area contributed by atoms with Gasteiger partial charge < -0.3 is 4.74 Å². The molecule has 0 fully saturated rings. The lowest BCUT2D eigenvalue weighted by Gasteiger charge is -2.04. The monoisotopic (exact) mass is 269 g/mol. The van der Waals surface area contributed by atoms with Crippen molar-refractivity contribution in [2.75, 3.05) is 7.11 Å². The Balaban J connectivity index is 2.08. The quantitative estimate of drug-likeness (QED) is 0.684. The van der Waals surface area contributed by atoms with E-state index >= 15 is 0 Å². The number of aromatic nitrogens is 1. The molecule has 5 nitrogen and oxygen atoms in total. The van der Waals surface area contributed by atoms with Gasteiger partial charge in [0, 0.05) is 11.8 Å². The largest absolute Gasteiger partial charge is 0.497 e. The topological polar surface area (TPSA) is 63.6 Å². The van der Waals surface area contributed by atoms with Gasteiger partial charge in [-0.05, 0) is 37.3 Å². The van der Waals surface area contributed by atoms with E-state index < -0.39 is 0 Å². The number of carbonyl (C=O) groups is 1. The molecule has 2 rings (SSSR count). The van der Waals surface area contributed by atoms with E-state index in [1.807, 2.05) is 18.2 Å². The molecule has 0 aliphatic heterocycles. The van der Waals surface area contributed by atoms with Gasteiger partial charge in [0.2, 0.25) is 0 Å². The van der Waals surface area contributed by atoms with E-state index in [9.17, 15) is 4.79 Å². The molecule has 0 atom stereocenters. The van der Waals surface area contributed by atoms with Crippen LogP contribution >= 0.6 is 0 Å². The molecule has 102 valence electrons. The summed E-state index contributed by atoms with van der Waals surface area (Å²) in [5.41, 5.74) is 4.35. The number of pyridine rings is 1. The summed E-state index contributed by atoms with van der Waals surface area (Å²) in [6.45, 7) is 1.79. The van der Waals surface area contributed by atoms with Gasteiger partial charge in [-0.2, -0.15) is 5.10 Å². The molecule has 0 radical (unpaired) electrons. The fourth-order valence-corrected chi connectivity index (χ4v) is 1.60. The Kier molecular flexibility index (Phi) is 4.44. The summed E-state index contributed by atoms with van der Waals surface area (Å²) in [5, 5.41) is 4.04. The van der Waals surface area contributed by atoms with Crippen LogP contribution in [0, 0.1) is 0 Å². The SMILES string of the molecule is COc1cccc(C(=O)NN=C(C)c2ccccn2)c1. The molecule has 0 bridgehead atoms. The zero-order valence-corrected chi connectivity index (χ0v) is 11.3. The number of methoxy groups -OCH3 is 1. The minimum absolute atomic E-state index is 0.292. The van der Waals surface area contributed by atoms with Crippen LogP contribution in [-0.2, 0) is 0 Å². The van der Waals surface area contributed by atoms with E-state index in [4.69, 9.17) is 4.74 Å². The van der Waals surface area contributed by atoms with Gasteiger partial charge in [0.05, 0.1) is 18.5 Å². The lowest BCUT2D eigenvalue weighted by molar-refractivity contribution is 0.0954. The molecule has 0 saturated heterocycles. The summed E-state index contributed by atoms with van der Waals surface area (Å²) in [7, 11) is 1.56. The second-order valence-corrected chi connectivity index (χ2v) is 4.09. The molecule has 1 amide bonds. The summed E-state index contributed by atoms with van der Waals surface area (Å²) >= 11 is 0. The second kappa shape index (κ2) is 6.47. The fraction of sp³-hybridized carbons (Fsp3) is 0.133. The minimum Gasteiger partial charge on any atom is -0.497 e. The average molecular weight is 269 g/mol. The predicted molar refractivity (Wildman–Crippen MR) is 76.9 cm³/mol. The van der Waals surface area contributed by atoms with Crippen molar-refractivity contribution in [1.82, 2.24) is 10.4 Å². The van der Waals surface area contributed by atoms with Gasteiger partial charge in [-0.25, -0.2) is 5.43 Å². The first kappa shape index (κ1) is 13.7. The third kappa shape index (κ3) is 3.41. The van der Waals surface area contributed by atoms with E-state index in [0.29, 0.717) is 17.0 Å². The van der Waals surface area contributed by atoms with Gasteiger partial charge in [-0.3, -0.25) is 9.78 Å².